The van der Waals surface area contributed by atoms with E-state index in [9.17, 15) is 9.59 Å². The van der Waals surface area contributed by atoms with Crippen molar-refractivity contribution >= 4 is 17.4 Å². The SMILES string of the molecule is O=C(C(Cc1ccccc1)N1Cc2ccccc2C1=O)N1CC=C(c2ccccc2)CC1. The van der Waals surface area contributed by atoms with Gasteiger partial charge in [-0.05, 0) is 34.8 Å². The smallest absolute Gasteiger partial charge is 0.255 e. The van der Waals surface area contributed by atoms with Gasteiger partial charge in [0.05, 0.1) is 0 Å². The second-order valence-electron chi connectivity index (χ2n) is 8.43. The molecule has 5 rings (SSSR count). The number of amides is 2. The minimum atomic E-state index is -0.510. The average molecular weight is 423 g/mol. The fourth-order valence-electron chi connectivity index (χ4n) is 4.69. The third-order valence-corrected chi connectivity index (χ3v) is 6.45. The van der Waals surface area contributed by atoms with Crippen molar-refractivity contribution in [2.75, 3.05) is 13.1 Å². The van der Waals surface area contributed by atoms with Crippen molar-refractivity contribution < 1.29 is 9.59 Å². The van der Waals surface area contributed by atoms with Gasteiger partial charge in [0.1, 0.15) is 6.04 Å². The third-order valence-electron chi connectivity index (χ3n) is 6.45. The Bertz CT molecular complexity index is 1150. The molecular weight excluding hydrogens is 396 g/mol. The van der Waals surface area contributed by atoms with E-state index in [4.69, 9.17) is 0 Å². The van der Waals surface area contributed by atoms with Crippen LogP contribution in [0.15, 0.2) is 91.0 Å². The normalized spacial score (nSPS) is 16.5. The number of hydrogen-bond donors (Lipinski definition) is 0. The first-order chi connectivity index (χ1) is 15.7. The van der Waals surface area contributed by atoms with Gasteiger partial charge in [-0.15, -0.1) is 0 Å². The summed E-state index contributed by atoms with van der Waals surface area (Å²) < 4.78 is 0. The van der Waals surface area contributed by atoms with E-state index in [-0.39, 0.29) is 11.8 Å². The van der Waals surface area contributed by atoms with Crippen molar-refractivity contribution in [3.05, 3.63) is 113 Å². The molecule has 0 aliphatic carbocycles. The van der Waals surface area contributed by atoms with Gasteiger partial charge in [0.25, 0.3) is 5.91 Å². The minimum absolute atomic E-state index is 0.0263. The molecule has 1 unspecified atom stereocenters. The fourth-order valence-corrected chi connectivity index (χ4v) is 4.69. The Morgan fingerprint density at radius 1 is 0.875 bits per heavy atom. The summed E-state index contributed by atoms with van der Waals surface area (Å²) in [6, 6.07) is 27.5. The van der Waals surface area contributed by atoms with Crippen molar-refractivity contribution in [2.45, 2.75) is 25.4 Å². The summed E-state index contributed by atoms with van der Waals surface area (Å²) in [5.74, 6) is -0.0224. The quantitative estimate of drug-likeness (QED) is 0.604. The molecule has 0 N–H and O–H groups in total. The summed E-state index contributed by atoms with van der Waals surface area (Å²) in [6.07, 6.45) is 3.49. The van der Waals surface area contributed by atoms with Crippen molar-refractivity contribution in [1.82, 2.24) is 9.80 Å². The number of carbonyl (C=O) groups is 2. The highest BCUT2D eigenvalue weighted by Crippen LogP contribution is 2.28. The van der Waals surface area contributed by atoms with Gasteiger partial charge in [-0.25, -0.2) is 0 Å². The molecule has 0 spiro atoms. The first-order valence-corrected chi connectivity index (χ1v) is 11.2. The topological polar surface area (TPSA) is 40.6 Å². The Labute approximate surface area is 188 Å². The van der Waals surface area contributed by atoms with E-state index in [0.29, 0.717) is 31.6 Å². The number of hydrogen-bond acceptors (Lipinski definition) is 2. The van der Waals surface area contributed by atoms with Gasteiger partial charge >= 0.3 is 0 Å². The van der Waals surface area contributed by atoms with Crippen LogP contribution in [0.2, 0.25) is 0 Å². The lowest BCUT2D eigenvalue weighted by Gasteiger charge is -2.34. The van der Waals surface area contributed by atoms with Gasteiger partial charge in [-0.3, -0.25) is 9.59 Å². The molecule has 3 aromatic carbocycles. The molecule has 0 fully saturated rings. The van der Waals surface area contributed by atoms with Gasteiger partial charge in [0.2, 0.25) is 5.91 Å². The predicted molar refractivity (Wildman–Crippen MR) is 126 cm³/mol. The number of rotatable bonds is 5. The molecule has 2 aliphatic rings. The monoisotopic (exact) mass is 422 g/mol. The van der Waals surface area contributed by atoms with E-state index in [1.807, 2.05) is 77.7 Å². The fraction of sp³-hybridized carbons (Fsp3) is 0.214. The molecule has 0 bridgehead atoms. The molecule has 3 aromatic rings. The van der Waals surface area contributed by atoms with Crippen molar-refractivity contribution in [2.24, 2.45) is 0 Å². The largest absolute Gasteiger partial charge is 0.337 e. The number of benzene rings is 3. The Hall–Kier alpha value is -3.66. The molecule has 0 radical (unpaired) electrons. The highest BCUT2D eigenvalue weighted by Gasteiger charge is 2.38. The van der Waals surface area contributed by atoms with Crippen LogP contribution in [-0.2, 0) is 17.8 Å². The van der Waals surface area contributed by atoms with Crippen LogP contribution in [0.4, 0.5) is 0 Å². The zero-order valence-electron chi connectivity index (χ0n) is 18.0. The van der Waals surface area contributed by atoms with Crippen molar-refractivity contribution in [1.29, 1.82) is 0 Å². The molecule has 2 heterocycles. The molecule has 2 aliphatic heterocycles. The lowest BCUT2D eigenvalue weighted by atomic mass is 9.98. The minimum Gasteiger partial charge on any atom is -0.337 e. The summed E-state index contributed by atoms with van der Waals surface area (Å²) in [7, 11) is 0. The first kappa shape index (κ1) is 20.3. The van der Waals surface area contributed by atoms with E-state index >= 15 is 0 Å². The van der Waals surface area contributed by atoms with Crippen LogP contribution in [0.5, 0.6) is 0 Å². The molecule has 160 valence electrons. The molecule has 1 atom stereocenters. The molecule has 0 saturated heterocycles. The number of nitrogens with zero attached hydrogens (tertiary/aromatic N) is 2. The van der Waals surface area contributed by atoms with E-state index < -0.39 is 6.04 Å². The number of fused-ring (bicyclic) bond motifs is 1. The predicted octanol–water partition coefficient (Wildman–Crippen LogP) is 4.57. The van der Waals surface area contributed by atoms with E-state index in [2.05, 4.69) is 18.2 Å². The van der Waals surface area contributed by atoms with Crippen molar-refractivity contribution in [3.63, 3.8) is 0 Å². The van der Waals surface area contributed by atoms with E-state index in [0.717, 1.165) is 17.5 Å². The molecular formula is C28H26N2O2. The Balaban J connectivity index is 1.39. The zero-order chi connectivity index (χ0) is 21.9. The first-order valence-electron chi connectivity index (χ1n) is 11.2. The highest BCUT2D eigenvalue weighted by molar-refractivity contribution is 6.01. The van der Waals surface area contributed by atoms with Crippen LogP contribution >= 0.6 is 0 Å². The number of carbonyl (C=O) groups excluding carboxylic acids is 2. The van der Waals surface area contributed by atoms with Gasteiger partial charge < -0.3 is 9.80 Å². The molecule has 4 heteroatoms. The van der Waals surface area contributed by atoms with Crippen molar-refractivity contribution in [3.8, 4) is 0 Å². The second kappa shape index (κ2) is 8.83. The molecule has 0 saturated carbocycles. The maximum absolute atomic E-state index is 13.7. The summed E-state index contributed by atoms with van der Waals surface area (Å²) >= 11 is 0. The molecule has 32 heavy (non-hydrogen) atoms. The maximum Gasteiger partial charge on any atom is 0.255 e. The lowest BCUT2D eigenvalue weighted by molar-refractivity contribution is -0.135. The average Bonchev–Trinajstić information content (AvgIpc) is 3.20. The maximum atomic E-state index is 13.7. The van der Waals surface area contributed by atoms with Crippen LogP contribution in [0, 0.1) is 0 Å². The Kier molecular flexibility index (Phi) is 5.59. The lowest BCUT2D eigenvalue weighted by Crippen LogP contribution is -2.51. The summed E-state index contributed by atoms with van der Waals surface area (Å²) in [4.78, 5) is 30.6. The van der Waals surface area contributed by atoms with Gasteiger partial charge in [0.15, 0.2) is 0 Å². The Morgan fingerprint density at radius 2 is 1.56 bits per heavy atom. The van der Waals surface area contributed by atoms with E-state index in [1.165, 1.54) is 11.1 Å². The standard InChI is InChI=1S/C28H26N2O2/c31-27-25-14-8-7-13-24(25)20-30(27)26(19-21-9-3-1-4-10-21)28(32)29-17-15-23(16-18-29)22-11-5-2-6-12-22/h1-15,26H,16-20H2. The Morgan fingerprint density at radius 3 is 2.25 bits per heavy atom. The second-order valence-corrected chi connectivity index (χ2v) is 8.43. The van der Waals surface area contributed by atoms with Crippen LogP contribution in [0.1, 0.15) is 33.5 Å². The summed E-state index contributed by atoms with van der Waals surface area (Å²) in [6.45, 7) is 1.72. The van der Waals surface area contributed by atoms with E-state index in [1.54, 1.807) is 4.90 Å². The highest BCUT2D eigenvalue weighted by atomic mass is 16.2. The van der Waals surface area contributed by atoms with Crippen LogP contribution in [0.3, 0.4) is 0 Å². The third kappa shape index (κ3) is 3.96. The van der Waals surface area contributed by atoms with Gasteiger partial charge in [-0.2, -0.15) is 0 Å². The molecule has 2 amide bonds. The van der Waals surface area contributed by atoms with Gasteiger partial charge in [-0.1, -0.05) is 84.9 Å². The molecule has 0 aromatic heterocycles. The summed E-state index contributed by atoms with van der Waals surface area (Å²) in [5, 5.41) is 0. The summed E-state index contributed by atoms with van der Waals surface area (Å²) in [5.41, 5.74) is 5.26. The molecule has 4 nitrogen and oxygen atoms in total. The van der Waals surface area contributed by atoms with Crippen LogP contribution in [0.25, 0.3) is 5.57 Å². The zero-order valence-corrected chi connectivity index (χ0v) is 18.0. The van der Waals surface area contributed by atoms with Crippen LogP contribution < -0.4 is 0 Å². The van der Waals surface area contributed by atoms with Gasteiger partial charge in [0, 0.05) is 31.6 Å². The van der Waals surface area contributed by atoms with Crippen LogP contribution in [-0.4, -0.2) is 40.7 Å².